The molecule has 2 aromatic heterocycles. The van der Waals surface area contributed by atoms with Crippen LogP contribution in [-0.4, -0.2) is 33.9 Å². The molecular formula is C22H21N5OS. The highest BCUT2D eigenvalue weighted by Crippen LogP contribution is 2.33. The molecule has 2 aliphatic rings. The molecule has 0 saturated carbocycles. The fourth-order valence-corrected chi connectivity index (χ4v) is 4.99. The Bertz CT molecular complexity index is 1160. The second-order valence-corrected chi connectivity index (χ2v) is 8.50. The van der Waals surface area contributed by atoms with Gasteiger partial charge in [0.25, 0.3) is 5.91 Å². The van der Waals surface area contributed by atoms with Crippen molar-refractivity contribution >= 4 is 40.1 Å². The topological polar surface area (TPSA) is 84.9 Å². The average Bonchev–Trinajstić information content (AvgIpc) is 3.28. The van der Waals surface area contributed by atoms with E-state index in [0.717, 1.165) is 45.7 Å². The van der Waals surface area contributed by atoms with E-state index in [9.17, 15) is 4.79 Å². The molecule has 3 heterocycles. The molecule has 3 N–H and O–H groups in total. The lowest BCUT2D eigenvalue weighted by molar-refractivity contribution is -0.117. The van der Waals surface area contributed by atoms with Gasteiger partial charge in [-0.1, -0.05) is 24.3 Å². The van der Waals surface area contributed by atoms with E-state index in [2.05, 4.69) is 27.1 Å². The summed E-state index contributed by atoms with van der Waals surface area (Å²) in [6.07, 6.45) is 6.27. The highest BCUT2D eigenvalue weighted by atomic mass is 32.2. The van der Waals surface area contributed by atoms with Gasteiger partial charge in [0.15, 0.2) is 0 Å². The maximum Gasteiger partial charge on any atom is 0.259 e. The molecule has 1 aliphatic carbocycles. The van der Waals surface area contributed by atoms with Crippen LogP contribution in [0.5, 0.6) is 0 Å². The largest absolute Gasteiger partial charge is 0.346 e. The molecule has 146 valence electrons. The zero-order valence-corrected chi connectivity index (χ0v) is 16.8. The van der Waals surface area contributed by atoms with Gasteiger partial charge in [0.05, 0.1) is 16.6 Å². The first-order valence-electron chi connectivity index (χ1n) is 9.62. The average molecular weight is 404 g/mol. The molecule has 0 unspecified atom stereocenters. The molecule has 0 radical (unpaired) electrons. The SMILES string of the molecule is Cc1c[nH]c2nccc(N3C=C(C(=O)N[C@H]4C(=N)Cc5ccccc54)SCC3)c12. The summed E-state index contributed by atoms with van der Waals surface area (Å²) in [5, 5.41) is 12.5. The Morgan fingerprint density at radius 2 is 2.21 bits per heavy atom. The number of H-pyrrole nitrogens is 1. The number of hydrogen-bond acceptors (Lipinski definition) is 5. The van der Waals surface area contributed by atoms with Gasteiger partial charge in [-0.2, -0.15) is 0 Å². The van der Waals surface area contributed by atoms with Crippen molar-refractivity contribution in [3.63, 3.8) is 0 Å². The van der Waals surface area contributed by atoms with Crippen molar-refractivity contribution in [2.45, 2.75) is 19.4 Å². The van der Waals surface area contributed by atoms with Gasteiger partial charge in [-0.3, -0.25) is 4.79 Å². The summed E-state index contributed by atoms with van der Waals surface area (Å²) in [6.45, 7) is 2.89. The molecule has 1 aromatic carbocycles. The Kier molecular flexibility index (Phi) is 4.39. The van der Waals surface area contributed by atoms with E-state index in [-0.39, 0.29) is 11.9 Å². The number of aryl methyl sites for hydroxylation is 1. The van der Waals surface area contributed by atoms with Crippen molar-refractivity contribution in [2.75, 3.05) is 17.2 Å². The number of aromatic amines is 1. The van der Waals surface area contributed by atoms with Crippen molar-refractivity contribution in [1.82, 2.24) is 15.3 Å². The van der Waals surface area contributed by atoms with Gasteiger partial charge < -0.3 is 20.6 Å². The summed E-state index contributed by atoms with van der Waals surface area (Å²) in [4.78, 5) is 23.4. The van der Waals surface area contributed by atoms with Gasteiger partial charge >= 0.3 is 0 Å². The van der Waals surface area contributed by atoms with Gasteiger partial charge in [-0.15, -0.1) is 11.8 Å². The fraction of sp³-hybridized carbons (Fsp3) is 0.227. The number of anilines is 1. The lowest BCUT2D eigenvalue weighted by Crippen LogP contribution is -2.34. The van der Waals surface area contributed by atoms with Crippen LogP contribution in [0.25, 0.3) is 11.0 Å². The molecule has 0 spiro atoms. The quantitative estimate of drug-likeness (QED) is 0.623. The van der Waals surface area contributed by atoms with Crippen molar-refractivity contribution in [2.24, 2.45) is 0 Å². The Morgan fingerprint density at radius 1 is 1.34 bits per heavy atom. The van der Waals surface area contributed by atoms with E-state index in [1.165, 1.54) is 0 Å². The summed E-state index contributed by atoms with van der Waals surface area (Å²) in [5.74, 6) is 0.702. The number of carbonyl (C=O) groups is 1. The van der Waals surface area contributed by atoms with Gasteiger partial charge in [0.1, 0.15) is 5.65 Å². The second-order valence-electron chi connectivity index (χ2n) is 7.37. The van der Waals surface area contributed by atoms with Crippen molar-refractivity contribution in [1.29, 1.82) is 5.41 Å². The van der Waals surface area contributed by atoms with Crippen LogP contribution in [0, 0.1) is 12.3 Å². The van der Waals surface area contributed by atoms with Crippen LogP contribution < -0.4 is 10.2 Å². The minimum atomic E-state index is -0.338. The van der Waals surface area contributed by atoms with E-state index < -0.39 is 0 Å². The van der Waals surface area contributed by atoms with E-state index >= 15 is 0 Å². The highest BCUT2D eigenvalue weighted by molar-refractivity contribution is 8.04. The highest BCUT2D eigenvalue weighted by Gasteiger charge is 2.30. The third-order valence-electron chi connectivity index (χ3n) is 5.52. The van der Waals surface area contributed by atoms with Crippen molar-refractivity contribution in [3.05, 3.63) is 70.5 Å². The van der Waals surface area contributed by atoms with E-state index in [1.54, 1.807) is 18.0 Å². The number of hydrogen-bond donors (Lipinski definition) is 3. The molecule has 29 heavy (non-hydrogen) atoms. The molecule has 0 saturated heterocycles. The molecule has 1 atom stereocenters. The monoisotopic (exact) mass is 403 g/mol. The maximum atomic E-state index is 13.0. The summed E-state index contributed by atoms with van der Waals surface area (Å²) in [6, 6.07) is 9.62. The number of nitrogens with zero attached hydrogens (tertiary/aromatic N) is 2. The smallest absolute Gasteiger partial charge is 0.259 e. The number of rotatable bonds is 3. The minimum absolute atomic E-state index is 0.123. The first-order chi connectivity index (χ1) is 14.1. The molecule has 3 aromatic rings. The molecule has 7 heteroatoms. The van der Waals surface area contributed by atoms with Crippen molar-refractivity contribution < 1.29 is 4.79 Å². The van der Waals surface area contributed by atoms with E-state index in [4.69, 9.17) is 5.41 Å². The molecular weight excluding hydrogens is 382 g/mol. The molecule has 0 bridgehead atoms. The van der Waals surface area contributed by atoms with Gasteiger partial charge in [0.2, 0.25) is 0 Å². The number of aromatic nitrogens is 2. The Balaban J connectivity index is 1.42. The summed E-state index contributed by atoms with van der Waals surface area (Å²) in [7, 11) is 0. The normalized spacial score (nSPS) is 18.7. The number of pyridine rings is 1. The predicted octanol–water partition coefficient (Wildman–Crippen LogP) is 3.70. The number of carbonyl (C=O) groups excluding carboxylic acids is 1. The van der Waals surface area contributed by atoms with Gasteiger partial charge in [-0.25, -0.2) is 4.98 Å². The van der Waals surface area contributed by atoms with Crippen molar-refractivity contribution in [3.8, 4) is 0 Å². The van der Waals surface area contributed by atoms with Gasteiger partial charge in [0, 0.05) is 48.4 Å². The fourth-order valence-electron chi connectivity index (χ4n) is 4.09. The Labute approximate surface area is 172 Å². The van der Waals surface area contributed by atoms with Crippen LogP contribution in [-0.2, 0) is 11.2 Å². The molecule has 1 aliphatic heterocycles. The maximum absolute atomic E-state index is 13.0. The number of fused-ring (bicyclic) bond motifs is 2. The zero-order valence-electron chi connectivity index (χ0n) is 16.0. The first kappa shape index (κ1) is 18.0. The van der Waals surface area contributed by atoms with Crippen LogP contribution in [0.15, 0.2) is 53.8 Å². The Hall–Kier alpha value is -3.06. The number of thioether (sulfide) groups is 1. The van der Waals surface area contributed by atoms with Gasteiger partial charge in [-0.05, 0) is 29.7 Å². The standard InChI is InChI=1S/C22H21N5OS/c1-13-11-25-21-19(13)17(6-7-24-21)27-8-9-29-18(12-27)22(28)26-20-15-5-3-2-4-14(15)10-16(20)23/h2-7,11-12,20,23H,8-10H2,1H3,(H,24,25)(H,26,28)/t20-/m1/s1. The zero-order chi connectivity index (χ0) is 20.0. The van der Waals surface area contributed by atoms with E-state index in [1.807, 2.05) is 42.7 Å². The molecule has 1 amide bonds. The molecule has 0 fully saturated rings. The summed E-state index contributed by atoms with van der Waals surface area (Å²) < 4.78 is 0. The number of amides is 1. The third kappa shape index (κ3) is 3.11. The number of nitrogens with one attached hydrogen (secondary N) is 3. The van der Waals surface area contributed by atoms with Crippen LogP contribution >= 0.6 is 11.8 Å². The lowest BCUT2D eigenvalue weighted by Gasteiger charge is -2.27. The van der Waals surface area contributed by atoms with E-state index in [0.29, 0.717) is 17.0 Å². The first-order valence-corrected chi connectivity index (χ1v) is 10.6. The number of benzene rings is 1. The predicted molar refractivity (Wildman–Crippen MR) is 117 cm³/mol. The summed E-state index contributed by atoms with van der Waals surface area (Å²) in [5.41, 5.74) is 5.74. The minimum Gasteiger partial charge on any atom is -0.346 e. The summed E-state index contributed by atoms with van der Waals surface area (Å²) >= 11 is 1.56. The molecule has 5 rings (SSSR count). The van der Waals surface area contributed by atoms with Crippen LogP contribution in [0.3, 0.4) is 0 Å². The van der Waals surface area contributed by atoms with Crippen LogP contribution in [0.4, 0.5) is 5.69 Å². The Morgan fingerprint density at radius 3 is 3.10 bits per heavy atom. The molecule has 6 nitrogen and oxygen atoms in total. The lowest BCUT2D eigenvalue weighted by atomic mass is 10.1. The third-order valence-corrected chi connectivity index (χ3v) is 6.50. The van der Waals surface area contributed by atoms with Crippen LogP contribution in [0.2, 0.25) is 0 Å². The van der Waals surface area contributed by atoms with Crippen LogP contribution in [0.1, 0.15) is 22.7 Å². The second kappa shape index (κ2) is 7.08.